The molecule has 0 aromatic carbocycles. The third kappa shape index (κ3) is 2.81. The molecule has 0 saturated carbocycles. The molecule has 1 aromatic rings. The number of hydrogen-bond acceptors (Lipinski definition) is 6. The van der Waals surface area contributed by atoms with Crippen LogP contribution in [0.1, 0.15) is 0 Å². The van der Waals surface area contributed by atoms with Gasteiger partial charge in [0.25, 0.3) is 0 Å². The van der Waals surface area contributed by atoms with Gasteiger partial charge in [0.2, 0.25) is 0 Å². The van der Waals surface area contributed by atoms with Crippen molar-refractivity contribution in [2.45, 2.75) is 0 Å². The lowest BCUT2D eigenvalue weighted by Gasteiger charge is -2.34. The average Bonchev–Trinajstić information content (AvgIpc) is 2.41. The molecule has 2 rings (SSSR count). The second kappa shape index (κ2) is 5.85. The van der Waals surface area contributed by atoms with Crippen molar-refractivity contribution < 1.29 is 4.74 Å². The van der Waals surface area contributed by atoms with Gasteiger partial charge in [0.05, 0.1) is 25.9 Å². The molecule has 0 atom stereocenters. The maximum Gasteiger partial charge on any atom is 0.318 e. The first-order valence-corrected chi connectivity index (χ1v) is 6.03. The summed E-state index contributed by atoms with van der Waals surface area (Å²) < 4.78 is 5.00. The van der Waals surface area contributed by atoms with Crippen molar-refractivity contribution in [3.05, 3.63) is 11.2 Å². The fourth-order valence-corrected chi connectivity index (χ4v) is 2.09. The molecule has 0 unspecified atom stereocenters. The minimum Gasteiger partial charge on any atom is -0.467 e. The van der Waals surface area contributed by atoms with Gasteiger partial charge in [0.1, 0.15) is 5.02 Å². The number of nitriles is 1. The molecule has 0 amide bonds. The predicted molar refractivity (Wildman–Crippen MR) is 67.9 cm³/mol. The summed E-state index contributed by atoms with van der Waals surface area (Å²) in [4.78, 5) is 12.4. The molecule has 1 fully saturated rings. The van der Waals surface area contributed by atoms with Crippen LogP contribution in [0.5, 0.6) is 6.01 Å². The van der Waals surface area contributed by atoms with Crippen LogP contribution in [0.25, 0.3) is 0 Å². The van der Waals surface area contributed by atoms with E-state index in [1.807, 2.05) is 0 Å². The fourth-order valence-electron chi connectivity index (χ4n) is 1.88. The van der Waals surface area contributed by atoms with Crippen molar-refractivity contribution in [3.8, 4) is 12.1 Å². The minimum atomic E-state index is 0.314. The van der Waals surface area contributed by atoms with Gasteiger partial charge in [-0.3, -0.25) is 4.90 Å². The van der Waals surface area contributed by atoms with E-state index in [1.54, 1.807) is 6.20 Å². The summed E-state index contributed by atoms with van der Waals surface area (Å²) >= 11 is 6.10. The van der Waals surface area contributed by atoms with Gasteiger partial charge in [0.15, 0.2) is 5.82 Å². The highest BCUT2D eigenvalue weighted by atomic mass is 35.5. The molecule has 1 saturated heterocycles. The van der Waals surface area contributed by atoms with Crippen molar-refractivity contribution >= 4 is 17.4 Å². The van der Waals surface area contributed by atoms with Gasteiger partial charge in [0, 0.05) is 26.2 Å². The SMILES string of the molecule is COc1ncc(Cl)c(N2CCN(CC#N)CC2)n1. The predicted octanol–water partition coefficient (Wildman–Crippen LogP) is 0.784. The molecule has 0 bridgehead atoms. The number of piperazine rings is 1. The Hall–Kier alpha value is -1.58. The van der Waals surface area contributed by atoms with Crippen LogP contribution >= 0.6 is 11.6 Å². The topological polar surface area (TPSA) is 65.3 Å². The normalized spacial score (nSPS) is 16.4. The first-order chi connectivity index (χ1) is 8.74. The number of aromatic nitrogens is 2. The molecule has 96 valence electrons. The lowest BCUT2D eigenvalue weighted by atomic mass is 10.3. The summed E-state index contributed by atoms with van der Waals surface area (Å²) in [6.45, 7) is 3.71. The summed E-state index contributed by atoms with van der Waals surface area (Å²) in [6, 6.07) is 2.47. The van der Waals surface area contributed by atoms with E-state index in [0.29, 0.717) is 23.4 Å². The highest BCUT2D eigenvalue weighted by molar-refractivity contribution is 6.32. The molecule has 0 aliphatic carbocycles. The molecule has 1 aliphatic heterocycles. The number of methoxy groups -OCH3 is 1. The second-order valence-corrected chi connectivity index (χ2v) is 4.36. The fraction of sp³-hybridized carbons (Fsp3) is 0.545. The first kappa shape index (κ1) is 12.9. The Labute approximate surface area is 111 Å². The van der Waals surface area contributed by atoms with Gasteiger partial charge in [-0.2, -0.15) is 10.2 Å². The van der Waals surface area contributed by atoms with Crippen LogP contribution in [-0.2, 0) is 0 Å². The molecule has 2 heterocycles. The van der Waals surface area contributed by atoms with Gasteiger partial charge in [-0.25, -0.2) is 4.98 Å². The number of hydrogen-bond donors (Lipinski definition) is 0. The van der Waals surface area contributed by atoms with E-state index >= 15 is 0 Å². The van der Waals surface area contributed by atoms with E-state index < -0.39 is 0 Å². The maximum absolute atomic E-state index is 8.65. The number of ether oxygens (including phenoxy) is 1. The van der Waals surface area contributed by atoms with Gasteiger partial charge in [-0.1, -0.05) is 11.6 Å². The van der Waals surface area contributed by atoms with Gasteiger partial charge >= 0.3 is 6.01 Å². The Balaban J connectivity index is 2.07. The molecule has 18 heavy (non-hydrogen) atoms. The molecule has 6 nitrogen and oxygen atoms in total. The van der Waals surface area contributed by atoms with E-state index in [4.69, 9.17) is 21.6 Å². The van der Waals surface area contributed by atoms with Gasteiger partial charge < -0.3 is 9.64 Å². The number of rotatable bonds is 3. The van der Waals surface area contributed by atoms with Crippen molar-refractivity contribution in [3.63, 3.8) is 0 Å². The van der Waals surface area contributed by atoms with Crippen LogP contribution in [0.15, 0.2) is 6.20 Å². The van der Waals surface area contributed by atoms with Crippen molar-refractivity contribution in [2.75, 3.05) is 44.7 Å². The van der Waals surface area contributed by atoms with E-state index in [-0.39, 0.29) is 0 Å². The number of halogens is 1. The average molecular weight is 268 g/mol. The van der Waals surface area contributed by atoms with E-state index in [9.17, 15) is 0 Å². The summed E-state index contributed by atoms with van der Waals surface area (Å²) in [5, 5.41) is 9.17. The summed E-state index contributed by atoms with van der Waals surface area (Å²) in [7, 11) is 1.53. The molecule has 1 aliphatic rings. The largest absolute Gasteiger partial charge is 0.467 e. The molecule has 1 aromatic heterocycles. The molecule has 7 heteroatoms. The third-order valence-electron chi connectivity index (χ3n) is 2.85. The minimum absolute atomic E-state index is 0.314. The van der Waals surface area contributed by atoms with E-state index in [0.717, 1.165) is 26.2 Å². The molecule has 0 radical (unpaired) electrons. The number of anilines is 1. The Morgan fingerprint density at radius 2 is 2.17 bits per heavy atom. The highest BCUT2D eigenvalue weighted by Crippen LogP contribution is 2.25. The summed E-state index contributed by atoms with van der Waals surface area (Å²) in [6.07, 6.45) is 1.55. The van der Waals surface area contributed by atoms with Crippen LogP contribution in [-0.4, -0.2) is 54.7 Å². The Kier molecular flexibility index (Phi) is 4.18. The zero-order valence-electron chi connectivity index (χ0n) is 10.1. The standard InChI is InChI=1S/C11H14ClN5O/c1-18-11-14-8-9(12)10(15-11)17-6-4-16(3-2-13)5-7-17/h8H,3-7H2,1H3. The molecule has 0 N–H and O–H groups in total. The van der Waals surface area contributed by atoms with E-state index in [2.05, 4.69) is 25.8 Å². The molecular weight excluding hydrogens is 254 g/mol. The van der Waals surface area contributed by atoms with Crippen LogP contribution in [0.2, 0.25) is 5.02 Å². The number of nitrogens with zero attached hydrogens (tertiary/aromatic N) is 5. The van der Waals surface area contributed by atoms with Crippen molar-refractivity contribution in [1.82, 2.24) is 14.9 Å². The van der Waals surface area contributed by atoms with E-state index in [1.165, 1.54) is 7.11 Å². The van der Waals surface area contributed by atoms with Crippen molar-refractivity contribution in [2.24, 2.45) is 0 Å². The monoisotopic (exact) mass is 267 g/mol. The lowest BCUT2D eigenvalue weighted by Crippen LogP contribution is -2.46. The van der Waals surface area contributed by atoms with Crippen LogP contribution < -0.4 is 9.64 Å². The molecular formula is C11H14ClN5O. The van der Waals surface area contributed by atoms with Crippen LogP contribution in [0, 0.1) is 11.3 Å². The van der Waals surface area contributed by atoms with Gasteiger partial charge in [-0.05, 0) is 0 Å². The van der Waals surface area contributed by atoms with Crippen molar-refractivity contribution in [1.29, 1.82) is 5.26 Å². The van der Waals surface area contributed by atoms with Gasteiger partial charge in [-0.15, -0.1) is 0 Å². The zero-order chi connectivity index (χ0) is 13.0. The van der Waals surface area contributed by atoms with Crippen LogP contribution in [0.3, 0.4) is 0 Å². The maximum atomic E-state index is 8.65. The zero-order valence-corrected chi connectivity index (χ0v) is 10.9. The Morgan fingerprint density at radius 3 is 2.78 bits per heavy atom. The summed E-state index contributed by atoms with van der Waals surface area (Å²) in [5.74, 6) is 0.695. The lowest BCUT2D eigenvalue weighted by molar-refractivity contribution is 0.286. The summed E-state index contributed by atoms with van der Waals surface area (Å²) in [5.41, 5.74) is 0. The van der Waals surface area contributed by atoms with Crippen LogP contribution in [0.4, 0.5) is 5.82 Å². The quantitative estimate of drug-likeness (QED) is 0.754. The highest BCUT2D eigenvalue weighted by Gasteiger charge is 2.20. The smallest absolute Gasteiger partial charge is 0.318 e. The first-order valence-electron chi connectivity index (χ1n) is 5.65. The third-order valence-corrected chi connectivity index (χ3v) is 3.12. The second-order valence-electron chi connectivity index (χ2n) is 3.95. The molecule has 0 spiro atoms. The Bertz CT molecular complexity index is 453. The Morgan fingerprint density at radius 1 is 1.44 bits per heavy atom.